The lowest BCUT2D eigenvalue weighted by molar-refractivity contribution is 0.902. The number of nitrogens with zero attached hydrogens (tertiary/aromatic N) is 2. The van der Waals surface area contributed by atoms with E-state index in [1.165, 1.54) is 16.6 Å². The number of hydrogen-bond acceptors (Lipinski definition) is 1. The van der Waals surface area contributed by atoms with Crippen molar-refractivity contribution in [3.63, 3.8) is 0 Å². The van der Waals surface area contributed by atoms with Crippen molar-refractivity contribution >= 4 is 11.0 Å². The van der Waals surface area contributed by atoms with Gasteiger partial charge in [-0.05, 0) is 31.5 Å². The SMILES string of the molecule is CC.CC.CC.Cc1ccnc2c1cc(C)n2C. The second-order valence-electron chi connectivity index (χ2n) is 3.21. The Labute approximate surface area is 113 Å². The third-order valence-corrected chi connectivity index (χ3v) is 2.39. The van der Waals surface area contributed by atoms with E-state index in [0.29, 0.717) is 0 Å². The lowest BCUT2D eigenvalue weighted by Gasteiger charge is -1.97. The number of hydrogen-bond donors (Lipinski definition) is 0. The molecule has 0 atom stereocenters. The van der Waals surface area contributed by atoms with Gasteiger partial charge in [-0.3, -0.25) is 0 Å². The van der Waals surface area contributed by atoms with E-state index in [1.54, 1.807) is 0 Å². The van der Waals surface area contributed by atoms with Gasteiger partial charge in [0, 0.05) is 24.3 Å². The molecule has 0 saturated carbocycles. The standard InChI is InChI=1S/C10H12N2.3C2H6/c1-7-4-5-11-10-9(7)6-8(2)12(10)3;3*1-2/h4-6H,1-3H3;3*1-2H3. The summed E-state index contributed by atoms with van der Waals surface area (Å²) >= 11 is 0. The molecule has 0 aliphatic rings. The lowest BCUT2D eigenvalue weighted by Crippen LogP contribution is -1.91. The molecule has 0 aromatic carbocycles. The van der Waals surface area contributed by atoms with E-state index in [4.69, 9.17) is 0 Å². The van der Waals surface area contributed by atoms with Crippen LogP contribution < -0.4 is 0 Å². The van der Waals surface area contributed by atoms with Crippen LogP contribution >= 0.6 is 0 Å². The van der Waals surface area contributed by atoms with Crippen LogP contribution in [0.2, 0.25) is 0 Å². The summed E-state index contributed by atoms with van der Waals surface area (Å²) in [6.45, 7) is 16.2. The third-order valence-electron chi connectivity index (χ3n) is 2.39. The first kappa shape index (κ1) is 19.0. The smallest absolute Gasteiger partial charge is 0.140 e. The van der Waals surface area contributed by atoms with Crippen molar-refractivity contribution in [3.8, 4) is 0 Å². The number of aryl methyl sites for hydroxylation is 3. The predicted octanol–water partition coefficient (Wildman–Crippen LogP) is 5.27. The minimum Gasteiger partial charge on any atom is -0.333 e. The molecule has 104 valence electrons. The van der Waals surface area contributed by atoms with Gasteiger partial charge in [0.25, 0.3) is 0 Å². The maximum atomic E-state index is 4.33. The topological polar surface area (TPSA) is 17.8 Å². The first-order valence-corrected chi connectivity index (χ1v) is 7.08. The van der Waals surface area contributed by atoms with Crippen LogP contribution in [0.25, 0.3) is 11.0 Å². The van der Waals surface area contributed by atoms with Gasteiger partial charge >= 0.3 is 0 Å². The normalized spacial score (nSPS) is 8.28. The first-order chi connectivity index (χ1) is 8.70. The lowest BCUT2D eigenvalue weighted by atomic mass is 10.2. The highest BCUT2D eigenvalue weighted by atomic mass is 15.0. The van der Waals surface area contributed by atoms with Crippen molar-refractivity contribution in [1.82, 2.24) is 9.55 Å². The molecule has 0 saturated heterocycles. The molecule has 0 amide bonds. The number of fused-ring (bicyclic) bond motifs is 1. The Bertz CT molecular complexity index is 428. The molecule has 0 N–H and O–H groups in total. The molecule has 2 rings (SSSR count). The highest BCUT2D eigenvalue weighted by molar-refractivity contribution is 5.80. The maximum Gasteiger partial charge on any atom is 0.140 e. The Morgan fingerprint density at radius 1 is 0.944 bits per heavy atom. The van der Waals surface area contributed by atoms with Gasteiger partial charge in [-0.25, -0.2) is 4.98 Å². The Kier molecular flexibility index (Phi) is 11.4. The Morgan fingerprint density at radius 3 is 1.89 bits per heavy atom. The average Bonchev–Trinajstić information content (AvgIpc) is 2.75. The molecule has 18 heavy (non-hydrogen) atoms. The van der Waals surface area contributed by atoms with Gasteiger partial charge < -0.3 is 4.57 Å². The fraction of sp³-hybridized carbons (Fsp3) is 0.562. The minimum atomic E-state index is 1.08. The van der Waals surface area contributed by atoms with Gasteiger partial charge in [-0.15, -0.1) is 0 Å². The Morgan fingerprint density at radius 2 is 1.44 bits per heavy atom. The molecule has 0 aliphatic heterocycles. The van der Waals surface area contributed by atoms with Gasteiger partial charge in [-0.1, -0.05) is 41.5 Å². The average molecular weight is 250 g/mol. The van der Waals surface area contributed by atoms with Crippen LogP contribution in [0.5, 0.6) is 0 Å². The summed E-state index contributed by atoms with van der Waals surface area (Å²) in [7, 11) is 2.05. The van der Waals surface area contributed by atoms with E-state index in [2.05, 4.69) is 29.5 Å². The van der Waals surface area contributed by atoms with Crippen LogP contribution in [0.3, 0.4) is 0 Å². The summed E-state index contributed by atoms with van der Waals surface area (Å²) in [6, 6.07) is 4.22. The Hall–Kier alpha value is -1.31. The second kappa shape index (κ2) is 10.8. The third kappa shape index (κ3) is 4.52. The largest absolute Gasteiger partial charge is 0.333 e. The fourth-order valence-electron chi connectivity index (χ4n) is 1.47. The number of pyridine rings is 1. The van der Waals surface area contributed by atoms with E-state index >= 15 is 0 Å². The van der Waals surface area contributed by atoms with Crippen LogP contribution in [0.4, 0.5) is 0 Å². The van der Waals surface area contributed by atoms with Gasteiger partial charge in [0.15, 0.2) is 0 Å². The summed E-state index contributed by atoms with van der Waals surface area (Å²) in [4.78, 5) is 4.33. The summed E-state index contributed by atoms with van der Waals surface area (Å²) in [6.07, 6.45) is 1.86. The summed E-state index contributed by atoms with van der Waals surface area (Å²) in [5, 5.41) is 1.26. The van der Waals surface area contributed by atoms with Crippen molar-refractivity contribution in [3.05, 3.63) is 29.6 Å². The van der Waals surface area contributed by atoms with Gasteiger partial charge in [-0.2, -0.15) is 0 Å². The van der Waals surface area contributed by atoms with E-state index < -0.39 is 0 Å². The molecule has 0 bridgehead atoms. The van der Waals surface area contributed by atoms with E-state index in [1.807, 2.05) is 60.9 Å². The molecule has 2 aromatic rings. The molecule has 0 radical (unpaired) electrons. The molecule has 0 fully saturated rings. The van der Waals surface area contributed by atoms with E-state index in [9.17, 15) is 0 Å². The molecule has 0 aliphatic carbocycles. The maximum absolute atomic E-state index is 4.33. The van der Waals surface area contributed by atoms with Crippen molar-refractivity contribution in [2.24, 2.45) is 7.05 Å². The first-order valence-electron chi connectivity index (χ1n) is 7.08. The summed E-state index contributed by atoms with van der Waals surface area (Å²) in [5.74, 6) is 0. The summed E-state index contributed by atoms with van der Waals surface area (Å²) < 4.78 is 2.11. The van der Waals surface area contributed by atoms with Gasteiger partial charge in [0.1, 0.15) is 5.65 Å². The van der Waals surface area contributed by atoms with E-state index in [0.717, 1.165) is 5.65 Å². The minimum absolute atomic E-state index is 1.08. The molecule has 2 heteroatoms. The zero-order valence-electron chi connectivity index (χ0n) is 13.6. The van der Waals surface area contributed by atoms with E-state index in [-0.39, 0.29) is 0 Å². The molecular formula is C16H30N2. The highest BCUT2D eigenvalue weighted by Gasteiger charge is 2.03. The number of aromatic nitrogens is 2. The fourth-order valence-corrected chi connectivity index (χ4v) is 1.47. The predicted molar refractivity (Wildman–Crippen MR) is 84.2 cm³/mol. The molecular weight excluding hydrogens is 220 g/mol. The zero-order valence-corrected chi connectivity index (χ0v) is 13.6. The van der Waals surface area contributed by atoms with Crippen LogP contribution in [0.15, 0.2) is 18.3 Å². The molecule has 2 heterocycles. The zero-order chi connectivity index (χ0) is 14.7. The monoisotopic (exact) mass is 250 g/mol. The summed E-state index contributed by atoms with van der Waals surface area (Å²) in [5.41, 5.74) is 3.63. The van der Waals surface area contributed by atoms with Crippen molar-refractivity contribution in [2.75, 3.05) is 0 Å². The molecule has 2 nitrogen and oxygen atoms in total. The van der Waals surface area contributed by atoms with Gasteiger partial charge in [0.05, 0.1) is 0 Å². The quantitative estimate of drug-likeness (QED) is 0.623. The van der Waals surface area contributed by atoms with Crippen LogP contribution in [-0.2, 0) is 7.05 Å². The highest BCUT2D eigenvalue weighted by Crippen LogP contribution is 2.18. The molecule has 2 aromatic heterocycles. The molecule has 0 unspecified atom stereocenters. The van der Waals surface area contributed by atoms with Crippen LogP contribution in [0.1, 0.15) is 52.8 Å². The second-order valence-corrected chi connectivity index (χ2v) is 3.21. The van der Waals surface area contributed by atoms with Crippen molar-refractivity contribution in [2.45, 2.75) is 55.4 Å². The Balaban J connectivity index is 0. The number of rotatable bonds is 0. The van der Waals surface area contributed by atoms with Crippen LogP contribution in [0, 0.1) is 13.8 Å². The van der Waals surface area contributed by atoms with Crippen molar-refractivity contribution in [1.29, 1.82) is 0 Å². The molecule has 0 spiro atoms. The van der Waals surface area contributed by atoms with Crippen LogP contribution in [-0.4, -0.2) is 9.55 Å². The van der Waals surface area contributed by atoms with Crippen molar-refractivity contribution < 1.29 is 0 Å². The van der Waals surface area contributed by atoms with Gasteiger partial charge in [0.2, 0.25) is 0 Å².